The average molecular weight is 360 g/mol. The van der Waals surface area contributed by atoms with Crippen LogP contribution in [0.4, 0.5) is 4.39 Å². The zero-order valence-electron chi connectivity index (χ0n) is 15.5. The van der Waals surface area contributed by atoms with E-state index >= 15 is 0 Å². The standard InChI is InChI=1S/C20H25FN2O3/c1-20(2,25-3)19(24)23-10-5-4-9-17(23)18-22-13-16(26-18)12-14-7-6-8-15(21)11-14/h6-8,11,13,17H,4-5,9-10,12H2,1-3H3. The van der Waals surface area contributed by atoms with Crippen molar-refractivity contribution in [2.45, 2.75) is 51.2 Å². The number of carbonyl (C=O) groups is 1. The zero-order valence-corrected chi connectivity index (χ0v) is 15.5. The van der Waals surface area contributed by atoms with E-state index in [1.54, 1.807) is 33.2 Å². The summed E-state index contributed by atoms with van der Waals surface area (Å²) < 4.78 is 24.6. The number of oxazole rings is 1. The first-order valence-electron chi connectivity index (χ1n) is 8.96. The molecule has 2 heterocycles. The van der Waals surface area contributed by atoms with Gasteiger partial charge in [0.2, 0.25) is 5.89 Å². The van der Waals surface area contributed by atoms with Crippen molar-refractivity contribution in [3.63, 3.8) is 0 Å². The molecule has 0 N–H and O–H groups in total. The van der Waals surface area contributed by atoms with Crippen LogP contribution in [0.25, 0.3) is 0 Å². The Morgan fingerprint density at radius 2 is 2.23 bits per heavy atom. The summed E-state index contributed by atoms with van der Waals surface area (Å²) >= 11 is 0. The summed E-state index contributed by atoms with van der Waals surface area (Å²) in [6.45, 7) is 4.20. The quantitative estimate of drug-likeness (QED) is 0.812. The van der Waals surface area contributed by atoms with Gasteiger partial charge >= 0.3 is 0 Å². The molecular formula is C20H25FN2O3. The van der Waals surface area contributed by atoms with Crippen LogP contribution >= 0.6 is 0 Å². The highest BCUT2D eigenvalue weighted by molar-refractivity contribution is 5.84. The number of hydrogen-bond donors (Lipinski definition) is 0. The van der Waals surface area contributed by atoms with Gasteiger partial charge in [-0.2, -0.15) is 0 Å². The van der Waals surface area contributed by atoms with E-state index in [9.17, 15) is 9.18 Å². The van der Waals surface area contributed by atoms with Gasteiger partial charge in [0.15, 0.2) is 0 Å². The van der Waals surface area contributed by atoms with Gasteiger partial charge in [0.25, 0.3) is 5.91 Å². The van der Waals surface area contributed by atoms with Crippen LogP contribution < -0.4 is 0 Å². The molecule has 140 valence electrons. The molecule has 1 amide bonds. The SMILES string of the molecule is COC(C)(C)C(=O)N1CCCCC1c1ncc(Cc2cccc(F)c2)o1. The third-order valence-corrected chi connectivity index (χ3v) is 4.91. The van der Waals surface area contributed by atoms with E-state index in [0.29, 0.717) is 24.6 Å². The van der Waals surface area contributed by atoms with Crippen LogP contribution in [0.15, 0.2) is 34.9 Å². The molecule has 1 fully saturated rings. The highest BCUT2D eigenvalue weighted by atomic mass is 19.1. The molecule has 3 rings (SSSR count). The molecule has 1 unspecified atom stereocenters. The molecule has 1 aromatic carbocycles. The number of rotatable bonds is 5. The fourth-order valence-corrected chi connectivity index (χ4v) is 3.27. The van der Waals surface area contributed by atoms with E-state index in [0.717, 1.165) is 24.8 Å². The first kappa shape index (κ1) is 18.6. The third-order valence-electron chi connectivity index (χ3n) is 4.91. The maximum atomic E-state index is 13.3. The summed E-state index contributed by atoms with van der Waals surface area (Å²) in [7, 11) is 1.54. The Morgan fingerprint density at radius 3 is 2.96 bits per heavy atom. The summed E-state index contributed by atoms with van der Waals surface area (Å²) in [5.41, 5.74) is -0.0585. The summed E-state index contributed by atoms with van der Waals surface area (Å²) in [6, 6.07) is 6.24. The molecule has 0 radical (unpaired) electrons. The molecule has 1 aromatic heterocycles. The maximum Gasteiger partial charge on any atom is 0.254 e. The number of hydrogen-bond acceptors (Lipinski definition) is 4. The van der Waals surface area contributed by atoms with Crippen LogP contribution in [0, 0.1) is 5.82 Å². The summed E-state index contributed by atoms with van der Waals surface area (Å²) in [5.74, 6) is 0.869. The molecule has 1 aliphatic rings. The average Bonchev–Trinajstić information content (AvgIpc) is 3.09. The number of methoxy groups -OCH3 is 1. The predicted octanol–water partition coefficient (Wildman–Crippen LogP) is 3.88. The smallest absolute Gasteiger partial charge is 0.254 e. The number of nitrogens with zero attached hydrogens (tertiary/aromatic N) is 2. The summed E-state index contributed by atoms with van der Waals surface area (Å²) in [4.78, 5) is 19.1. The van der Waals surface area contributed by atoms with Gasteiger partial charge in [-0.1, -0.05) is 12.1 Å². The Bertz CT molecular complexity index is 772. The maximum absolute atomic E-state index is 13.3. The second-order valence-corrected chi connectivity index (χ2v) is 7.20. The summed E-state index contributed by atoms with van der Waals surface area (Å²) in [5, 5.41) is 0. The number of carbonyl (C=O) groups excluding carboxylic acids is 1. The van der Waals surface area contributed by atoms with Gasteiger partial charge < -0.3 is 14.1 Å². The second-order valence-electron chi connectivity index (χ2n) is 7.20. The van der Waals surface area contributed by atoms with Crippen LogP contribution in [0.2, 0.25) is 0 Å². The normalized spacial score (nSPS) is 18.2. The van der Waals surface area contributed by atoms with Crippen molar-refractivity contribution in [1.29, 1.82) is 0 Å². The van der Waals surface area contributed by atoms with Crippen LogP contribution in [-0.2, 0) is 16.0 Å². The van der Waals surface area contributed by atoms with Crippen molar-refractivity contribution in [2.24, 2.45) is 0 Å². The monoisotopic (exact) mass is 360 g/mol. The van der Waals surface area contributed by atoms with Crippen LogP contribution in [0.3, 0.4) is 0 Å². The van der Waals surface area contributed by atoms with Gasteiger partial charge in [0.05, 0.1) is 6.20 Å². The first-order valence-corrected chi connectivity index (χ1v) is 8.96. The van der Waals surface area contributed by atoms with Crippen molar-refractivity contribution >= 4 is 5.91 Å². The Kier molecular flexibility index (Phi) is 5.41. The first-order chi connectivity index (χ1) is 12.4. The lowest BCUT2D eigenvalue weighted by molar-refractivity contribution is -0.155. The van der Waals surface area contributed by atoms with Crippen molar-refractivity contribution in [3.05, 3.63) is 53.5 Å². The molecule has 2 aromatic rings. The fourth-order valence-electron chi connectivity index (χ4n) is 3.27. The molecule has 0 bridgehead atoms. The number of piperidine rings is 1. The van der Waals surface area contributed by atoms with Gasteiger partial charge in [-0.25, -0.2) is 9.37 Å². The largest absolute Gasteiger partial charge is 0.443 e. The van der Waals surface area contributed by atoms with E-state index in [1.165, 1.54) is 12.1 Å². The van der Waals surface area contributed by atoms with Gasteiger partial charge in [0, 0.05) is 20.1 Å². The minimum absolute atomic E-state index is 0.0606. The Morgan fingerprint density at radius 1 is 1.42 bits per heavy atom. The minimum Gasteiger partial charge on any atom is -0.443 e. The number of likely N-dealkylation sites (tertiary alicyclic amines) is 1. The minimum atomic E-state index is -0.882. The highest BCUT2D eigenvalue weighted by Gasteiger charge is 2.38. The molecule has 0 aliphatic carbocycles. The fraction of sp³-hybridized carbons (Fsp3) is 0.500. The second kappa shape index (κ2) is 7.58. The number of halogens is 1. The van der Waals surface area contributed by atoms with Crippen molar-refractivity contribution < 1.29 is 18.3 Å². The predicted molar refractivity (Wildman–Crippen MR) is 95.1 cm³/mol. The van der Waals surface area contributed by atoms with Crippen molar-refractivity contribution in [3.8, 4) is 0 Å². The molecule has 6 heteroatoms. The molecule has 1 saturated heterocycles. The van der Waals surface area contributed by atoms with Crippen molar-refractivity contribution in [1.82, 2.24) is 9.88 Å². The van der Waals surface area contributed by atoms with Gasteiger partial charge in [-0.3, -0.25) is 4.79 Å². The third kappa shape index (κ3) is 3.96. The van der Waals surface area contributed by atoms with Gasteiger partial charge in [0.1, 0.15) is 23.2 Å². The zero-order chi connectivity index (χ0) is 18.7. The summed E-state index contributed by atoms with van der Waals surface area (Å²) in [6.07, 6.45) is 4.92. The Labute approximate surface area is 153 Å². The molecular weight excluding hydrogens is 335 g/mol. The number of amides is 1. The lowest BCUT2D eigenvalue weighted by atomic mass is 9.98. The highest BCUT2D eigenvalue weighted by Crippen LogP contribution is 2.33. The number of benzene rings is 1. The van der Waals surface area contributed by atoms with Crippen LogP contribution in [0.1, 0.15) is 56.4 Å². The van der Waals surface area contributed by atoms with Crippen LogP contribution in [-0.4, -0.2) is 35.0 Å². The number of ether oxygens (including phenoxy) is 1. The molecule has 5 nitrogen and oxygen atoms in total. The number of aromatic nitrogens is 1. The molecule has 1 aliphatic heterocycles. The Hall–Kier alpha value is -2.21. The lowest BCUT2D eigenvalue weighted by Crippen LogP contribution is -2.49. The van der Waals surface area contributed by atoms with E-state index in [2.05, 4.69) is 4.98 Å². The van der Waals surface area contributed by atoms with Crippen molar-refractivity contribution in [2.75, 3.05) is 13.7 Å². The van der Waals surface area contributed by atoms with Crippen LogP contribution in [0.5, 0.6) is 0 Å². The van der Waals surface area contributed by atoms with Gasteiger partial charge in [-0.05, 0) is 50.8 Å². The topological polar surface area (TPSA) is 55.6 Å². The molecule has 26 heavy (non-hydrogen) atoms. The van der Waals surface area contributed by atoms with E-state index < -0.39 is 5.60 Å². The van der Waals surface area contributed by atoms with E-state index in [4.69, 9.17) is 9.15 Å². The Balaban J connectivity index is 1.78. The molecule has 1 atom stereocenters. The molecule has 0 spiro atoms. The van der Waals surface area contributed by atoms with E-state index in [-0.39, 0.29) is 17.8 Å². The lowest BCUT2D eigenvalue weighted by Gasteiger charge is -2.38. The van der Waals surface area contributed by atoms with E-state index in [1.807, 2.05) is 11.0 Å². The van der Waals surface area contributed by atoms with Gasteiger partial charge in [-0.15, -0.1) is 0 Å². The molecule has 0 saturated carbocycles.